The van der Waals surface area contributed by atoms with Gasteiger partial charge in [0.05, 0.1) is 12.0 Å². The Hall–Kier alpha value is -1.74. The van der Waals surface area contributed by atoms with Gasteiger partial charge in [0.1, 0.15) is 5.75 Å². The van der Waals surface area contributed by atoms with E-state index in [-0.39, 0.29) is 17.8 Å². The average molecular weight is 306 g/mol. The van der Waals surface area contributed by atoms with Crippen LogP contribution in [0.5, 0.6) is 5.75 Å². The van der Waals surface area contributed by atoms with Crippen molar-refractivity contribution in [1.82, 2.24) is 4.57 Å². The first-order chi connectivity index (χ1) is 9.93. The normalized spacial score (nSPS) is 11.0. The van der Waals surface area contributed by atoms with Crippen LogP contribution in [0.1, 0.15) is 35.6 Å². The smallest absolute Gasteiger partial charge is 0.179 e. The second kappa shape index (κ2) is 6.35. The summed E-state index contributed by atoms with van der Waals surface area (Å²) in [6, 6.07) is 9.76. The van der Waals surface area contributed by atoms with Crippen molar-refractivity contribution in [2.75, 3.05) is 5.88 Å². The highest BCUT2D eigenvalue weighted by atomic mass is 35.5. The Morgan fingerprint density at radius 1 is 1.24 bits per heavy atom. The number of carbonyl (C=O) groups is 1. The molecular formula is C17H20ClNO2. The summed E-state index contributed by atoms with van der Waals surface area (Å²) in [7, 11) is 0. The maximum Gasteiger partial charge on any atom is 0.179 e. The third-order valence-corrected chi connectivity index (χ3v) is 3.56. The lowest BCUT2D eigenvalue weighted by atomic mass is 10.2. The van der Waals surface area contributed by atoms with E-state index in [9.17, 15) is 4.79 Å². The van der Waals surface area contributed by atoms with E-state index < -0.39 is 0 Å². The van der Waals surface area contributed by atoms with Crippen LogP contribution >= 0.6 is 11.6 Å². The first-order valence-electron chi connectivity index (χ1n) is 6.99. The number of aryl methyl sites for hydroxylation is 1. The van der Waals surface area contributed by atoms with Crippen molar-refractivity contribution >= 4 is 17.4 Å². The van der Waals surface area contributed by atoms with Gasteiger partial charge in [0.25, 0.3) is 0 Å². The Bertz CT molecular complexity index is 642. The van der Waals surface area contributed by atoms with Crippen LogP contribution in [0.2, 0.25) is 0 Å². The van der Waals surface area contributed by atoms with Crippen LogP contribution in [0.15, 0.2) is 30.3 Å². The Kier molecular flexibility index (Phi) is 4.73. The second-order valence-electron chi connectivity index (χ2n) is 5.34. The number of aromatic nitrogens is 1. The van der Waals surface area contributed by atoms with E-state index in [4.69, 9.17) is 16.3 Å². The fourth-order valence-corrected chi connectivity index (χ4v) is 2.60. The quantitative estimate of drug-likeness (QED) is 0.609. The molecule has 112 valence electrons. The first-order valence-corrected chi connectivity index (χ1v) is 7.52. The number of ether oxygens (including phenoxy) is 1. The third-order valence-electron chi connectivity index (χ3n) is 3.32. The zero-order valence-electron chi connectivity index (χ0n) is 12.8. The molecule has 0 saturated carbocycles. The number of rotatable bonds is 5. The van der Waals surface area contributed by atoms with Gasteiger partial charge in [0, 0.05) is 22.6 Å². The molecule has 0 fully saturated rings. The first kappa shape index (κ1) is 15.6. The fraction of sp³-hybridized carbons (Fsp3) is 0.353. The minimum atomic E-state index is -0.0456. The molecule has 3 nitrogen and oxygen atoms in total. The van der Waals surface area contributed by atoms with Gasteiger partial charge in [0.15, 0.2) is 5.78 Å². The van der Waals surface area contributed by atoms with Gasteiger partial charge in [-0.1, -0.05) is 0 Å². The molecule has 0 aliphatic rings. The number of carbonyl (C=O) groups excluding carboxylic acids is 1. The average Bonchev–Trinajstić information content (AvgIpc) is 2.74. The molecule has 0 atom stereocenters. The molecular weight excluding hydrogens is 286 g/mol. The molecule has 0 N–H and O–H groups in total. The molecule has 0 bridgehead atoms. The molecule has 0 aliphatic carbocycles. The molecule has 2 aromatic rings. The molecule has 1 aromatic carbocycles. The summed E-state index contributed by atoms with van der Waals surface area (Å²) >= 11 is 5.66. The van der Waals surface area contributed by atoms with Crippen molar-refractivity contribution < 1.29 is 9.53 Å². The van der Waals surface area contributed by atoms with Gasteiger partial charge in [0.2, 0.25) is 0 Å². The standard InChI is InChI=1S/C17H20ClNO2/c1-11(2)21-15-7-5-14(6-8-15)19-12(3)9-16(13(19)4)17(20)10-18/h5-9,11H,10H2,1-4H3. The summed E-state index contributed by atoms with van der Waals surface area (Å²) in [5.41, 5.74) is 3.62. The summed E-state index contributed by atoms with van der Waals surface area (Å²) in [6.07, 6.45) is 0.152. The highest BCUT2D eigenvalue weighted by Crippen LogP contribution is 2.23. The van der Waals surface area contributed by atoms with Gasteiger partial charge in [-0.15, -0.1) is 11.6 Å². The number of hydrogen-bond acceptors (Lipinski definition) is 2. The minimum absolute atomic E-state index is 0.00542. The van der Waals surface area contributed by atoms with E-state index in [0.717, 1.165) is 22.8 Å². The zero-order valence-corrected chi connectivity index (χ0v) is 13.6. The molecule has 2 rings (SSSR count). The highest BCUT2D eigenvalue weighted by Gasteiger charge is 2.15. The number of Topliss-reactive ketones (excluding diaryl/α,β-unsaturated/α-hetero) is 1. The second-order valence-corrected chi connectivity index (χ2v) is 5.60. The molecule has 0 aliphatic heterocycles. The van der Waals surface area contributed by atoms with Crippen molar-refractivity contribution in [2.45, 2.75) is 33.8 Å². The van der Waals surface area contributed by atoms with Gasteiger partial charge >= 0.3 is 0 Å². The Morgan fingerprint density at radius 3 is 2.38 bits per heavy atom. The van der Waals surface area contributed by atoms with Crippen molar-refractivity contribution in [3.63, 3.8) is 0 Å². The molecule has 4 heteroatoms. The maximum atomic E-state index is 11.8. The molecule has 1 heterocycles. The highest BCUT2D eigenvalue weighted by molar-refractivity contribution is 6.30. The number of hydrogen-bond donors (Lipinski definition) is 0. The Balaban J connectivity index is 2.38. The number of ketones is 1. The summed E-state index contributed by atoms with van der Waals surface area (Å²) in [5, 5.41) is 0. The van der Waals surface area contributed by atoms with Gasteiger partial charge in [-0.25, -0.2) is 0 Å². The lowest BCUT2D eigenvalue weighted by Crippen LogP contribution is -2.06. The lowest BCUT2D eigenvalue weighted by molar-refractivity contribution is 0.102. The molecule has 0 amide bonds. The zero-order chi connectivity index (χ0) is 15.6. The maximum absolute atomic E-state index is 11.8. The van der Waals surface area contributed by atoms with Crippen LogP contribution in [0.25, 0.3) is 5.69 Å². The SMILES string of the molecule is Cc1cc(C(=O)CCl)c(C)n1-c1ccc(OC(C)C)cc1. The summed E-state index contributed by atoms with van der Waals surface area (Å²) in [5.74, 6) is 0.801. The fourth-order valence-electron chi connectivity index (χ4n) is 2.46. The predicted octanol–water partition coefficient (Wildman–Crippen LogP) is 4.30. The number of nitrogens with zero attached hydrogens (tertiary/aromatic N) is 1. The Labute approximate surface area is 130 Å². The predicted molar refractivity (Wildman–Crippen MR) is 86.1 cm³/mol. The van der Waals surface area contributed by atoms with Crippen LogP contribution in [0.4, 0.5) is 0 Å². The number of alkyl halides is 1. The largest absolute Gasteiger partial charge is 0.491 e. The summed E-state index contributed by atoms with van der Waals surface area (Å²) in [4.78, 5) is 11.8. The van der Waals surface area contributed by atoms with E-state index in [0.29, 0.717) is 5.56 Å². The van der Waals surface area contributed by atoms with E-state index in [1.807, 2.05) is 58.0 Å². The van der Waals surface area contributed by atoms with E-state index in [1.165, 1.54) is 0 Å². The van der Waals surface area contributed by atoms with Crippen LogP contribution < -0.4 is 4.74 Å². The third kappa shape index (κ3) is 3.30. The Morgan fingerprint density at radius 2 is 1.86 bits per heavy atom. The number of halogens is 1. The van der Waals surface area contributed by atoms with Crippen molar-refractivity contribution in [2.24, 2.45) is 0 Å². The molecule has 0 spiro atoms. The van der Waals surface area contributed by atoms with E-state index >= 15 is 0 Å². The van der Waals surface area contributed by atoms with Crippen molar-refractivity contribution in [3.8, 4) is 11.4 Å². The van der Waals surface area contributed by atoms with Gasteiger partial charge in [-0.2, -0.15) is 0 Å². The van der Waals surface area contributed by atoms with Gasteiger partial charge in [-0.3, -0.25) is 4.79 Å². The van der Waals surface area contributed by atoms with Crippen LogP contribution in [-0.2, 0) is 0 Å². The molecule has 0 saturated heterocycles. The van der Waals surface area contributed by atoms with Crippen molar-refractivity contribution in [1.29, 1.82) is 0 Å². The molecule has 21 heavy (non-hydrogen) atoms. The van der Waals surface area contributed by atoms with Gasteiger partial charge in [-0.05, 0) is 58.0 Å². The van der Waals surface area contributed by atoms with Crippen LogP contribution in [0, 0.1) is 13.8 Å². The van der Waals surface area contributed by atoms with Crippen molar-refractivity contribution in [3.05, 3.63) is 47.3 Å². The summed E-state index contributed by atoms with van der Waals surface area (Å²) < 4.78 is 7.70. The summed E-state index contributed by atoms with van der Waals surface area (Å²) in [6.45, 7) is 7.91. The van der Waals surface area contributed by atoms with Crippen LogP contribution in [-0.4, -0.2) is 22.3 Å². The van der Waals surface area contributed by atoms with E-state index in [2.05, 4.69) is 4.57 Å². The van der Waals surface area contributed by atoms with E-state index in [1.54, 1.807) is 0 Å². The topological polar surface area (TPSA) is 31.2 Å². The minimum Gasteiger partial charge on any atom is -0.491 e. The van der Waals surface area contributed by atoms with Crippen LogP contribution in [0.3, 0.4) is 0 Å². The molecule has 0 unspecified atom stereocenters. The molecule has 0 radical (unpaired) electrons. The number of benzene rings is 1. The molecule has 1 aromatic heterocycles. The lowest BCUT2D eigenvalue weighted by Gasteiger charge is -2.13. The van der Waals surface area contributed by atoms with Gasteiger partial charge < -0.3 is 9.30 Å². The monoisotopic (exact) mass is 305 g/mol.